The van der Waals surface area contributed by atoms with Crippen LogP contribution in [0.4, 0.5) is 11.4 Å². The van der Waals surface area contributed by atoms with Crippen molar-refractivity contribution in [1.82, 2.24) is 0 Å². The van der Waals surface area contributed by atoms with Crippen LogP contribution in [-0.4, -0.2) is 77.7 Å². The number of hydrogen-bond acceptors (Lipinski definition) is 13. The maximum atomic E-state index is 12.1. The highest BCUT2D eigenvalue weighted by atomic mass is 79.9. The lowest BCUT2D eigenvalue weighted by molar-refractivity contribution is -0.176. The number of benzene rings is 12. The van der Waals surface area contributed by atoms with Gasteiger partial charge in [-0.3, -0.25) is 28.6 Å². The molecule has 0 fully saturated rings. The molecule has 2 heterocycles. The molecule has 0 bridgehead atoms. The summed E-state index contributed by atoms with van der Waals surface area (Å²) in [5.74, 6) is 1.94. The van der Waals surface area contributed by atoms with Crippen LogP contribution < -0.4 is 10.8 Å². The highest BCUT2D eigenvalue weighted by Gasteiger charge is 2.18. The highest BCUT2D eigenvalue weighted by molar-refractivity contribution is 9.11. The first-order chi connectivity index (χ1) is 52.1. The number of carbonyl (C=O) groups is 1. The summed E-state index contributed by atoms with van der Waals surface area (Å²) >= 11 is 55.5. The third kappa shape index (κ3) is 31.6. The minimum Gasteiger partial charge on any atom is -0.481 e. The molecule has 0 radical (unpaired) electrons. The van der Waals surface area contributed by atoms with Crippen molar-refractivity contribution in [3.63, 3.8) is 0 Å². The molecule has 1 unspecified atom stereocenters. The Bertz CT molecular complexity index is 5060. The van der Waals surface area contributed by atoms with Crippen LogP contribution in [0, 0.1) is 0 Å². The Kier molecular flexibility index (Phi) is 43.4. The van der Waals surface area contributed by atoms with Crippen molar-refractivity contribution in [3.05, 3.63) is 314 Å². The molecule has 12 aromatic carbocycles. The molecule has 14 aromatic rings. The fraction of sp³-hybridized carbons (Fsp3) is 0.0875. The van der Waals surface area contributed by atoms with E-state index in [2.05, 4.69) is 190 Å². The van der Waals surface area contributed by atoms with Crippen molar-refractivity contribution in [1.29, 1.82) is 0 Å². The fourth-order valence-corrected chi connectivity index (χ4v) is 19.2. The molecule has 14 rings (SSSR count). The van der Waals surface area contributed by atoms with Crippen molar-refractivity contribution >= 4 is 275 Å². The minimum atomic E-state index is -4.67. The first kappa shape index (κ1) is 94.4. The van der Waals surface area contributed by atoms with E-state index >= 15 is 0 Å². The Labute approximate surface area is 721 Å². The molecule has 109 heavy (non-hydrogen) atoms. The summed E-state index contributed by atoms with van der Waals surface area (Å²) in [6.07, 6.45) is 0. The van der Waals surface area contributed by atoms with Gasteiger partial charge in [0.25, 0.3) is 5.97 Å². The largest absolute Gasteiger partial charge is 0.489 e. The van der Waals surface area contributed by atoms with Gasteiger partial charge in [0.15, 0.2) is 0 Å². The predicted octanol–water partition coefficient (Wildman–Crippen LogP) is 28.2. The molecule has 0 aliphatic rings. The van der Waals surface area contributed by atoms with Gasteiger partial charge < -0.3 is 20.5 Å². The van der Waals surface area contributed by atoms with Gasteiger partial charge in [-0.2, -0.15) is 8.42 Å². The molecule has 0 aliphatic carbocycles. The summed E-state index contributed by atoms with van der Waals surface area (Å²) in [6, 6.07) is 87.3. The number of hydrogen-bond donors (Lipinski definition) is 8. The van der Waals surface area contributed by atoms with E-state index in [9.17, 15) is 4.21 Å². The number of carboxylic acid groups (broad SMARTS) is 1. The molecule has 29 heteroatoms. The maximum Gasteiger partial charge on any atom is 0.489 e. The molecule has 2 aromatic heterocycles. The summed E-state index contributed by atoms with van der Waals surface area (Å²) < 4.78 is 54.1. The molecular formula is C80H70BBr5Cl5NO11S6. The molecule has 0 saturated carbocycles. The van der Waals surface area contributed by atoms with Crippen molar-refractivity contribution in [3.8, 4) is 22.3 Å². The van der Waals surface area contributed by atoms with Crippen LogP contribution in [0.5, 0.6) is 0 Å². The van der Waals surface area contributed by atoms with Crippen LogP contribution in [0.15, 0.2) is 304 Å². The van der Waals surface area contributed by atoms with Crippen molar-refractivity contribution < 1.29 is 52.2 Å². The van der Waals surface area contributed by atoms with Crippen LogP contribution >= 0.6 is 184 Å². The van der Waals surface area contributed by atoms with E-state index in [1.54, 1.807) is 46.9 Å². The van der Waals surface area contributed by atoms with E-state index in [0.717, 1.165) is 99.6 Å². The molecule has 1 atom stereocenters. The minimum absolute atomic E-state index is 0.337. The number of fused-ring (bicyclic) bond motifs is 6. The van der Waals surface area contributed by atoms with Gasteiger partial charge in [0, 0.05) is 154 Å². The number of aliphatic carboxylic acids is 1. The molecule has 8 N–H and O–H groups in total. The van der Waals surface area contributed by atoms with E-state index in [4.69, 9.17) is 106 Å². The number of anilines is 2. The van der Waals surface area contributed by atoms with E-state index in [-0.39, 0.29) is 0 Å². The van der Waals surface area contributed by atoms with Gasteiger partial charge in [0.2, 0.25) is 0 Å². The highest BCUT2D eigenvalue weighted by Crippen LogP contribution is 2.44. The maximum absolute atomic E-state index is 12.1. The lowest BCUT2D eigenvalue weighted by Gasteiger charge is -2.12. The van der Waals surface area contributed by atoms with Gasteiger partial charge in [0.05, 0.1) is 10.8 Å². The summed E-state index contributed by atoms with van der Waals surface area (Å²) in [5, 5.41) is 48.3. The third-order valence-electron chi connectivity index (χ3n) is 14.0. The summed E-state index contributed by atoms with van der Waals surface area (Å²) in [4.78, 5) is 12.4. The van der Waals surface area contributed by atoms with Gasteiger partial charge in [-0.1, -0.05) is 292 Å². The van der Waals surface area contributed by atoms with Gasteiger partial charge in [-0.15, -0.1) is 46.2 Å². The predicted molar refractivity (Wildman–Crippen MR) is 487 cm³/mol. The average Bonchev–Trinajstić information content (AvgIpc) is 1.06. The van der Waals surface area contributed by atoms with Crippen molar-refractivity contribution in [2.75, 3.05) is 22.6 Å². The second-order valence-electron chi connectivity index (χ2n) is 21.5. The fourth-order valence-electron chi connectivity index (χ4n) is 9.66. The second kappa shape index (κ2) is 50.1. The molecule has 12 nitrogen and oxygen atoms in total. The van der Waals surface area contributed by atoms with E-state index in [0.29, 0.717) is 21.3 Å². The normalized spacial score (nSPS) is 10.5. The number of para-hydroxylation sites is 2. The SMILES string of the molecule is CC(=O)O.CCS(=O)c1cccc(Br)c1-c1ccccc1Cl.CCSc1cccc(Br)c1.CCSc1cccc(Br)c1-c1ccccc1Cl.Clc1cccc2sc3cccc(Br)c3c12.Clc1cccc2sc3cccc(Br)c3c12.O=S(=O)(O)O.OB(O)c1ccccc1Cl.OO.c1ccc(Nc2ccccc2)cc1. The van der Waals surface area contributed by atoms with Crippen LogP contribution in [0.25, 0.3) is 62.6 Å². The van der Waals surface area contributed by atoms with Gasteiger partial charge >= 0.3 is 17.5 Å². The quantitative estimate of drug-likeness (QED) is 0.0199. The number of nitrogens with one attached hydrogen (secondary N) is 1. The Balaban J connectivity index is 0.000000224. The smallest absolute Gasteiger partial charge is 0.481 e. The van der Waals surface area contributed by atoms with E-state index in [1.807, 2.05) is 182 Å². The molecular weight excluding hydrogens is 1930 g/mol. The van der Waals surface area contributed by atoms with Crippen LogP contribution in [-0.2, 0) is 26.0 Å². The Hall–Kier alpha value is -5.18. The number of thioether (sulfide) groups is 2. The lowest BCUT2D eigenvalue weighted by atomic mass is 9.80. The van der Waals surface area contributed by atoms with Crippen LogP contribution in [0.2, 0.25) is 25.1 Å². The lowest BCUT2D eigenvalue weighted by Crippen LogP contribution is -2.30. The van der Waals surface area contributed by atoms with E-state index < -0.39 is 34.3 Å². The Morgan fingerprint density at radius 2 is 0.817 bits per heavy atom. The monoisotopic (exact) mass is 1990 g/mol. The molecule has 0 aliphatic heterocycles. The zero-order valence-electron chi connectivity index (χ0n) is 58.1. The van der Waals surface area contributed by atoms with Crippen molar-refractivity contribution in [2.45, 2.75) is 42.4 Å². The molecule has 0 amide bonds. The number of thiophene rings is 2. The first-order valence-electron chi connectivity index (χ1n) is 32.2. The number of carboxylic acids is 1. The van der Waals surface area contributed by atoms with Gasteiger partial charge in [-0.25, -0.2) is 0 Å². The molecule has 0 spiro atoms. The zero-order valence-corrected chi connectivity index (χ0v) is 74.7. The third-order valence-corrected chi connectivity index (χ3v) is 24.2. The number of halogens is 10. The zero-order chi connectivity index (χ0) is 80.2. The first-order valence-corrected chi connectivity index (χ1v) is 44.4. The number of rotatable bonds is 11. The standard InChI is InChI=1S/C14H12BrClOS.C14H12BrClS.2C12H6BrClS.C12H11N.C8H9BrS.C6H6BClO2.C2H4O2.H2O4S.H2O2/c1-2-18(17)13-9-5-7-11(15)14(13)10-6-3-4-8-12(10)16;1-2-17-13-9-5-7-11(15)14(13)10-6-3-4-8-12(10)16;2*13-7-3-1-5-9-11(7)12-8(14)4-2-6-10(12)15-9;1-3-7-11(8-4-1)13-12-9-5-2-6-10-12;1-2-10-8-5-3-4-7(9)6-8;8-6-4-2-1-3-5(6)7(9)10;1-2(3)4;1-5(2,3)4;1-2/h3-9H,2H2,1H3;3-9H,2H2,1H3;2*1-6H;1-10,13H;3-6H,2H2,1H3;1-4,9-10H;1H3,(H,3,4);(H2,1,2,3,4);1-2H. The van der Waals surface area contributed by atoms with Crippen LogP contribution in [0.1, 0.15) is 27.7 Å². The molecule has 570 valence electrons. The van der Waals surface area contributed by atoms with E-state index in [1.165, 1.54) is 44.9 Å². The summed E-state index contributed by atoms with van der Waals surface area (Å²) in [5.41, 5.74) is 6.67. The van der Waals surface area contributed by atoms with Crippen molar-refractivity contribution in [2.24, 2.45) is 0 Å². The average molecular weight is 2000 g/mol. The van der Waals surface area contributed by atoms with Gasteiger partial charge in [0.1, 0.15) is 0 Å². The summed E-state index contributed by atoms with van der Waals surface area (Å²) in [7, 11) is -7.15. The second-order valence-corrected chi connectivity index (χ2v) is 35.3. The topological polar surface area (TPSA) is 222 Å². The van der Waals surface area contributed by atoms with Crippen LogP contribution in [0.3, 0.4) is 0 Å². The summed E-state index contributed by atoms with van der Waals surface area (Å²) in [6.45, 7) is 7.31. The molecule has 0 saturated heterocycles. The Morgan fingerprint density at radius 1 is 0.459 bits per heavy atom. The van der Waals surface area contributed by atoms with Gasteiger partial charge in [-0.05, 0) is 145 Å². The Morgan fingerprint density at radius 3 is 1.23 bits per heavy atom.